The number of nitrogens with zero attached hydrogens (tertiary/aromatic N) is 1. The van der Waals surface area contributed by atoms with Gasteiger partial charge in [0.15, 0.2) is 0 Å². The lowest BCUT2D eigenvalue weighted by molar-refractivity contribution is 0.102. The molecule has 0 bridgehead atoms. The lowest BCUT2D eigenvalue weighted by atomic mass is 10.2. The minimum absolute atomic E-state index is 0.357. The fraction of sp³-hybridized carbons (Fsp3) is 0.235. The molecule has 4 nitrogen and oxygen atoms in total. The lowest BCUT2D eigenvalue weighted by Crippen LogP contribution is -2.41. The van der Waals surface area contributed by atoms with Gasteiger partial charge in [-0.3, -0.25) is 5.43 Å². The molecule has 1 amide bonds. The summed E-state index contributed by atoms with van der Waals surface area (Å²) >= 11 is 0. The molecular formula is C17H20N2O2. The number of amides is 1. The van der Waals surface area contributed by atoms with Gasteiger partial charge in [0.05, 0.1) is 6.61 Å². The van der Waals surface area contributed by atoms with Crippen molar-refractivity contribution in [2.24, 2.45) is 0 Å². The highest BCUT2D eigenvalue weighted by molar-refractivity contribution is 5.66. The van der Waals surface area contributed by atoms with E-state index in [1.165, 1.54) is 0 Å². The summed E-state index contributed by atoms with van der Waals surface area (Å²) in [5.41, 5.74) is 5.05. The van der Waals surface area contributed by atoms with Crippen molar-refractivity contribution in [3.05, 3.63) is 71.8 Å². The molecule has 0 radical (unpaired) electrons. The van der Waals surface area contributed by atoms with Crippen LogP contribution in [0, 0.1) is 0 Å². The zero-order valence-electron chi connectivity index (χ0n) is 12.2. The van der Waals surface area contributed by atoms with Crippen molar-refractivity contribution in [3.63, 3.8) is 0 Å². The maximum atomic E-state index is 11.7. The van der Waals surface area contributed by atoms with E-state index in [2.05, 4.69) is 5.43 Å². The fourth-order valence-electron chi connectivity index (χ4n) is 2.04. The molecular weight excluding hydrogens is 264 g/mol. The largest absolute Gasteiger partial charge is 0.449 e. The zero-order chi connectivity index (χ0) is 14.9. The van der Waals surface area contributed by atoms with E-state index >= 15 is 0 Å². The van der Waals surface area contributed by atoms with Crippen LogP contribution >= 0.6 is 0 Å². The standard InChI is InChI=1S/C17H20N2O2/c1-2-21-17(20)18-19(13-15-9-5-3-6-10-15)14-16-11-7-4-8-12-16/h3-12H,2,13-14H2,1H3,(H,18,20). The fourth-order valence-corrected chi connectivity index (χ4v) is 2.04. The Hall–Kier alpha value is -2.33. The van der Waals surface area contributed by atoms with Crippen LogP contribution in [0.4, 0.5) is 4.79 Å². The second-order valence-electron chi connectivity index (χ2n) is 4.66. The Morgan fingerprint density at radius 2 is 1.43 bits per heavy atom. The number of rotatable bonds is 6. The van der Waals surface area contributed by atoms with Crippen LogP contribution in [0.1, 0.15) is 18.1 Å². The van der Waals surface area contributed by atoms with E-state index < -0.39 is 6.09 Å². The van der Waals surface area contributed by atoms with E-state index in [0.717, 1.165) is 11.1 Å². The Labute approximate surface area is 125 Å². The molecule has 0 heterocycles. The van der Waals surface area contributed by atoms with Gasteiger partial charge in [0.1, 0.15) is 0 Å². The number of carbonyl (C=O) groups is 1. The van der Waals surface area contributed by atoms with Crippen LogP contribution in [-0.2, 0) is 17.8 Å². The molecule has 0 saturated carbocycles. The van der Waals surface area contributed by atoms with Gasteiger partial charge in [-0.15, -0.1) is 0 Å². The molecule has 0 aliphatic carbocycles. The Morgan fingerprint density at radius 3 is 1.86 bits per heavy atom. The predicted molar refractivity (Wildman–Crippen MR) is 82.3 cm³/mol. The number of hydrogen-bond donors (Lipinski definition) is 1. The van der Waals surface area contributed by atoms with Crippen LogP contribution in [0.2, 0.25) is 0 Å². The average Bonchev–Trinajstić information content (AvgIpc) is 2.49. The highest BCUT2D eigenvalue weighted by Crippen LogP contribution is 2.08. The van der Waals surface area contributed by atoms with Gasteiger partial charge in [0, 0.05) is 13.1 Å². The molecule has 4 heteroatoms. The van der Waals surface area contributed by atoms with Gasteiger partial charge < -0.3 is 4.74 Å². The number of ether oxygens (including phenoxy) is 1. The van der Waals surface area contributed by atoms with Crippen molar-refractivity contribution in [2.45, 2.75) is 20.0 Å². The van der Waals surface area contributed by atoms with Gasteiger partial charge in [-0.1, -0.05) is 60.7 Å². The third-order valence-electron chi connectivity index (χ3n) is 2.96. The van der Waals surface area contributed by atoms with Crippen LogP contribution in [0.15, 0.2) is 60.7 Å². The van der Waals surface area contributed by atoms with E-state index in [0.29, 0.717) is 19.7 Å². The first-order valence-electron chi connectivity index (χ1n) is 7.04. The molecule has 0 aromatic heterocycles. The molecule has 2 rings (SSSR count). The Kier molecular flexibility index (Phi) is 5.79. The Morgan fingerprint density at radius 1 is 0.952 bits per heavy atom. The Bertz CT molecular complexity index is 502. The smallest absolute Gasteiger partial charge is 0.421 e. The van der Waals surface area contributed by atoms with Crippen molar-refractivity contribution in [3.8, 4) is 0 Å². The Balaban J connectivity index is 2.04. The third kappa shape index (κ3) is 5.28. The zero-order valence-corrected chi connectivity index (χ0v) is 12.2. The van der Waals surface area contributed by atoms with E-state index in [4.69, 9.17) is 4.74 Å². The molecule has 1 N–H and O–H groups in total. The summed E-state index contributed by atoms with van der Waals surface area (Å²) < 4.78 is 4.96. The lowest BCUT2D eigenvalue weighted by Gasteiger charge is -2.23. The maximum Gasteiger partial charge on any atom is 0.421 e. The van der Waals surface area contributed by atoms with Crippen LogP contribution in [-0.4, -0.2) is 17.7 Å². The molecule has 0 saturated heterocycles. The molecule has 0 fully saturated rings. The van der Waals surface area contributed by atoms with E-state index in [-0.39, 0.29) is 0 Å². The number of hydrazine groups is 1. The number of benzene rings is 2. The van der Waals surface area contributed by atoms with Crippen molar-refractivity contribution < 1.29 is 9.53 Å². The van der Waals surface area contributed by atoms with Gasteiger partial charge in [-0.25, -0.2) is 9.80 Å². The number of hydrogen-bond acceptors (Lipinski definition) is 3. The molecule has 0 aliphatic heterocycles. The van der Waals surface area contributed by atoms with Crippen molar-refractivity contribution in [1.82, 2.24) is 10.4 Å². The van der Waals surface area contributed by atoms with Crippen LogP contribution < -0.4 is 5.43 Å². The summed E-state index contributed by atoms with van der Waals surface area (Å²) in [6.45, 7) is 3.39. The van der Waals surface area contributed by atoms with Gasteiger partial charge in [0.25, 0.3) is 0 Å². The molecule has 0 aliphatic rings. The number of carbonyl (C=O) groups excluding carboxylic acids is 1. The second-order valence-corrected chi connectivity index (χ2v) is 4.66. The second kappa shape index (κ2) is 8.07. The predicted octanol–water partition coefficient (Wildman–Crippen LogP) is 3.35. The van der Waals surface area contributed by atoms with Crippen molar-refractivity contribution in [1.29, 1.82) is 0 Å². The van der Waals surface area contributed by atoms with E-state index in [1.807, 2.05) is 65.7 Å². The first kappa shape index (κ1) is 15.1. The molecule has 0 spiro atoms. The summed E-state index contributed by atoms with van der Waals surface area (Å²) in [6.07, 6.45) is -0.427. The average molecular weight is 284 g/mol. The highest BCUT2D eigenvalue weighted by atomic mass is 16.6. The van der Waals surface area contributed by atoms with Crippen LogP contribution in [0.25, 0.3) is 0 Å². The molecule has 0 atom stereocenters. The first-order valence-corrected chi connectivity index (χ1v) is 7.04. The summed E-state index contributed by atoms with van der Waals surface area (Å²) in [7, 11) is 0. The molecule has 21 heavy (non-hydrogen) atoms. The topological polar surface area (TPSA) is 41.6 Å². The molecule has 0 unspecified atom stereocenters. The number of nitrogens with one attached hydrogen (secondary N) is 1. The SMILES string of the molecule is CCOC(=O)NN(Cc1ccccc1)Cc1ccccc1. The van der Waals surface area contributed by atoms with Gasteiger partial charge in [0.2, 0.25) is 0 Å². The highest BCUT2D eigenvalue weighted by Gasteiger charge is 2.11. The molecule has 110 valence electrons. The van der Waals surface area contributed by atoms with E-state index in [9.17, 15) is 4.79 Å². The van der Waals surface area contributed by atoms with Crippen molar-refractivity contribution in [2.75, 3.05) is 6.61 Å². The van der Waals surface area contributed by atoms with Crippen LogP contribution in [0.3, 0.4) is 0 Å². The maximum absolute atomic E-state index is 11.7. The van der Waals surface area contributed by atoms with Crippen LogP contribution in [0.5, 0.6) is 0 Å². The van der Waals surface area contributed by atoms with E-state index in [1.54, 1.807) is 6.92 Å². The molecule has 2 aromatic carbocycles. The summed E-state index contributed by atoms with van der Waals surface area (Å²) in [5.74, 6) is 0. The van der Waals surface area contributed by atoms with Crippen molar-refractivity contribution >= 4 is 6.09 Å². The normalized spacial score (nSPS) is 10.4. The summed E-state index contributed by atoms with van der Waals surface area (Å²) in [4.78, 5) is 11.7. The van der Waals surface area contributed by atoms with Gasteiger partial charge in [-0.2, -0.15) is 0 Å². The molecule has 2 aromatic rings. The summed E-state index contributed by atoms with van der Waals surface area (Å²) in [6, 6.07) is 20.0. The third-order valence-corrected chi connectivity index (χ3v) is 2.96. The minimum Gasteiger partial charge on any atom is -0.449 e. The van der Waals surface area contributed by atoms with Gasteiger partial charge in [-0.05, 0) is 18.1 Å². The van der Waals surface area contributed by atoms with Gasteiger partial charge >= 0.3 is 6.09 Å². The first-order chi connectivity index (χ1) is 10.3. The summed E-state index contributed by atoms with van der Waals surface area (Å²) in [5, 5.41) is 1.85. The monoisotopic (exact) mass is 284 g/mol. The quantitative estimate of drug-likeness (QED) is 0.827. The minimum atomic E-state index is -0.427.